The molecule has 3 rings (SSSR count). The molecule has 8 heteroatoms. The van der Waals surface area contributed by atoms with Gasteiger partial charge in [0.25, 0.3) is 5.69 Å². The van der Waals surface area contributed by atoms with Crippen molar-refractivity contribution in [1.29, 1.82) is 0 Å². The Hall–Kier alpha value is -2.45. The van der Waals surface area contributed by atoms with Crippen LogP contribution in [0, 0.1) is 16.0 Å². The molecule has 0 amide bonds. The molecule has 1 saturated heterocycles. The third kappa shape index (κ3) is 4.84. The molecule has 144 valence electrons. The number of piperidine rings is 1. The molecule has 0 bridgehead atoms. The minimum Gasteiger partial charge on any atom is -0.371 e. The van der Waals surface area contributed by atoms with Gasteiger partial charge in [0.2, 0.25) is 10.0 Å². The Morgan fingerprint density at radius 1 is 1.15 bits per heavy atom. The Labute approximate surface area is 159 Å². The first-order valence-corrected chi connectivity index (χ1v) is 10.4. The number of nitro groups is 1. The maximum Gasteiger partial charge on any atom is 0.269 e. The highest BCUT2D eigenvalue weighted by Crippen LogP contribution is 2.23. The maximum absolute atomic E-state index is 12.3. The summed E-state index contributed by atoms with van der Waals surface area (Å²) in [6, 6.07) is 12.7. The van der Waals surface area contributed by atoms with Crippen LogP contribution in [0.5, 0.6) is 0 Å². The summed E-state index contributed by atoms with van der Waals surface area (Å²) < 4.78 is 27.2. The fourth-order valence-electron chi connectivity index (χ4n) is 3.26. The maximum atomic E-state index is 12.3. The second-order valence-corrected chi connectivity index (χ2v) is 8.70. The van der Waals surface area contributed by atoms with Crippen LogP contribution in [-0.2, 0) is 16.6 Å². The molecule has 2 aromatic carbocycles. The summed E-state index contributed by atoms with van der Waals surface area (Å²) in [4.78, 5) is 12.5. The SMILES string of the molecule is C[C@H]1CCCN(c2ccc(CNS(=O)(=O)c3ccc([N+](=O)[O-])cc3)cc2)C1. The van der Waals surface area contributed by atoms with E-state index >= 15 is 0 Å². The highest BCUT2D eigenvalue weighted by atomic mass is 32.2. The van der Waals surface area contributed by atoms with E-state index in [1.807, 2.05) is 24.3 Å². The molecule has 27 heavy (non-hydrogen) atoms. The number of nitrogens with one attached hydrogen (secondary N) is 1. The van der Waals surface area contributed by atoms with Crippen molar-refractivity contribution in [2.45, 2.75) is 31.2 Å². The van der Waals surface area contributed by atoms with E-state index in [0.717, 1.165) is 24.3 Å². The van der Waals surface area contributed by atoms with Crippen molar-refractivity contribution < 1.29 is 13.3 Å². The monoisotopic (exact) mass is 389 g/mol. The second kappa shape index (κ2) is 8.06. The van der Waals surface area contributed by atoms with Crippen LogP contribution in [0.3, 0.4) is 0 Å². The third-order valence-corrected chi connectivity index (χ3v) is 6.20. The summed E-state index contributed by atoms with van der Waals surface area (Å²) in [5.41, 5.74) is 1.87. The standard InChI is InChI=1S/C19H23N3O4S/c1-15-3-2-12-21(14-15)17-6-4-16(5-7-17)13-20-27(25,26)19-10-8-18(9-11-19)22(23)24/h4-11,15,20H,2-3,12-14H2,1H3/t15-/m0/s1. The number of rotatable bonds is 6. The van der Waals surface area contributed by atoms with E-state index < -0.39 is 14.9 Å². The number of non-ortho nitro benzene ring substituents is 1. The van der Waals surface area contributed by atoms with Gasteiger partial charge in [-0.25, -0.2) is 13.1 Å². The first kappa shape index (κ1) is 19.3. The van der Waals surface area contributed by atoms with Gasteiger partial charge >= 0.3 is 0 Å². The van der Waals surface area contributed by atoms with Crippen LogP contribution >= 0.6 is 0 Å². The largest absolute Gasteiger partial charge is 0.371 e. The van der Waals surface area contributed by atoms with Crippen LogP contribution in [0.25, 0.3) is 0 Å². The molecule has 0 spiro atoms. The number of nitrogens with zero attached hydrogens (tertiary/aromatic N) is 2. The van der Waals surface area contributed by atoms with Gasteiger partial charge in [0.1, 0.15) is 0 Å². The lowest BCUT2D eigenvalue weighted by molar-refractivity contribution is -0.384. The van der Waals surface area contributed by atoms with Crippen molar-refractivity contribution in [1.82, 2.24) is 4.72 Å². The molecule has 1 fully saturated rings. The first-order chi connectivity index (χ1) is 12.8. The van der Waals surface area contributed by atoms with E-state index in [1.54, 1.807) is 0 Å². The van der Waals surface area contributed by atoms with Crippen LogP contribution in [0.1, 0.15) is 25.3 Å². The molecule has 0 saturated carbocycles. The molecule has 0 aliphatic carbocycles. The molecule has 1 aliphatic rings. The number of benzene rings is 2. The number of hydrogen-bond acceptors (Lipinski definition) is 5. The summed E-state index contributed by atoms with van der Waals surface area (Å²) in [7, 11) is -3.72. The van der Waals surface area contributed by atoms with Gasteiger partial charge in [-0.15, -0.1) is 0 Å². The number of anilines is 1. The molecule has 1 heterocycles. The lowest BCUT2D eigenvalue weighted by Crippen LogP contribution is -2.34. The average Bonchev–Trinajstić information content (AvgIpc) is 2.67. The van der Waals surface area contributed by atoms with Gasteiger partial charge < -0.3 is 4.90 Å². The summed E-state index contributed by atoms with van der Waals surface area (Å²) in [5, 5.41) is 10.7. The van der Waals surface area contributed by atoms with Crippen LogP contribution in [0.2, 0.25) is 0 Å². The number of sulfonamides is 1. The summed E-state index contributed by atoms with van der Waals surface area (Å²) in [6.45, 7) is 4.52. The van der Waals surface area contributed by atoms with Gasteiger partial charge in [0.15, 0.2) is 0 Å². The van der Waals surface area contributed by atoms with E-state index in [4.69, 9.17) is 0 Å². The van der Waals surface area contributed by atoms with Gasteiger partial charge in [0.05, 0.1) is 9.82 Å². The van der Waals surface area contributed by atoms with Crippen molar-refractivity contribution >= 4 is 21.4 Å². The fourth-order valence-corrected chi connectivity index (χ4v) is 4.27. The Bertz CT molecular complexity index is 896. The molecule has 2 aromatic rings. The third-order valence-electron chi connectivity index (χ3n) is 4.78. The van der Waals surface area contributed by atoms with Crippen molar-refractivity contribution in [3.8, 4) is 0 Å². The lowest BCUT2D eigenvalue weighted by Gasteiger charge is -2.32. The smallest absolute Gasteiger partial charge is 0.269 e. The molecule has 1 aliphatic heterocycles. The zero-order chi connectivity index (χ0) is 19.4. The lowest BCUT2D eigenvalue weighted by atomic mass is 9.99. The highest BCUT2D eigenvalue weighted by Gasteiger charge is 2.17. The van der Waals surface area contributed by atoms with E-state index in [1.165, 1.54) is 37.1 Å². The van der Waals surface area contributed by atoms with Gasteiger partial charge in [-0.2, -0.15) is 0 Å². The minimum absolute atomic E-state index is 0.00650. The zero-order valence-electron chi connectivity index (χ0n) is 15.2. The topological polar surface area (TPSA) is 92.6 Å². The van der Waals surface area contributed by atoms with Crippen molar-refractivity contribution in [2.75, 3.05) is 18.0 Å². The first-order valence-electron chi connectivity index (χ1n) is 8.93. The molecule has 1 N–H and O–H groups in total. The molecule has 0 aromatic heterocycles. The van der Waals surface area contributed by atoms with E-state index in [0.29, 0.717) is 5.92 Å². The van der Waals surface area contributed by atoms with Crippen molar-refractivity contribution in [3.05, 3.63) is 64.2 Å². The van der Waals surface area contributed by atoms with Gasteiger partial charge in [0, 0.05) is 37.5 Å². The average molecular weight is 389 g/mol. The number of nitro benzene ring substituents is 1. The Morgan fingerprint density at radius 3 is 2.41 bits per heavy atom. The predicted molar refractivity (Wildman–Crippen MR) is 104 cm³/mol. The van der Waals surface area contributed by atoms with Crippen LogP contribution in [-0.4, -0.2) is 26.4 Å². The predicted octanol–water partition coefficient (Wildman–Crippen LogP) is 3.31. The summed E-state index contributed by atoms with van der Waals surface area (Å²) >= 11 is 0. The molecule has 0 radical (unpaired) electrons. The van der Waals surface area contributed by atoms with E-state index in [9.17, 15) is 18.5 Å². The van der Waals surface area contributed by atoms with Crippen molar-refractivity contribution in [2.24, 2.45) is 5.92 Å². The van der Waals surface area contributed by atoms with Gasteiger partial charge in [-0.3, -0.25) is 10.1 Å². The van der Waals surface area contributed by atoms with Crippen LogP contribution in [0.15, 0.2) is 53.4 Å². The van der Waals surface area contributed by atoms with E-state index in [-0.39, 0.29) is 17.1 Å². The quantitative estimate of drug-likeness (QED) is 0.604. The Kier molecular flexibility index (Phi) is 5.76. The molecular weight excluding hydrogens is 366 g/mol. The fraction of sp³-hybridized carbons (Fsp3) is 0.368. The van der Waals surface area contributed by atoms with Gasteiger partial charge in [-0.05, 0) is 48.6 Å². The Balaban J connectivity index is 1.62. The highest BCUT2D eigenvalue weighted by molar-refractivity contribution is 7.89. The zero-order valence-corrected chi connectivity index (χ0v) is 16.0. The second-order valence-electron chi connectivity index (χ2n) is 6.94. The Morgan fingerprint density at radius 2 is 1.81 bits per heavy atom. The molecule has 0 unspecified atom stereocenters. The summed E-state index contributed by atoms with van der Waals surface area (Å²) in [5.74, 6) is 0.687. The van der Waals surface area contributed by atoms with E-state index in [2.05, 4.69) is 16.5 Å². The van der Waals surface area contributed by atoms with Crippen LogP contribution < -0.4 is 9.62 Å². The minimum atomic E-state index is -3.72. The normalized spacial score (nSPS) is 17.7. The van der Waals surface area contributed by atoms with Gasteiger partial charge in [-0.1, -0.05) is 19.1 Å². The van der Waals surface area contributed by atoms with Crippen molar-refractivity contribution in [3.63, 3.8) is 0 Å². The van der Waals surface area contributed by atoms with Crippen LogP contribution in [0.4, 0.5) is 11.4 Å². The molecular formula is C19H23N3O4S. The number of hydrogen-bond donors (Lipinski definition) is 1. The molecule has 7 nitrogen and oxygen atoms in total. The summed E-state index contributed by atoms with van der Waals surface area (Å²) in [6.07, 6.45) is 2.46. The molecule has 1 atom stereocenters.